The van der Waals surface area contributed by atoms with E-state index in [1.807, 2.05) is 0 Å². The van der Waals surface area contributed by atoms with Gasteiger partial charge in [-0.1, -0.05) is 0 Å². The number of hydrogen-bond donors (Lipinski definition) is 1. The summed E-state index contributed by atoms with van der Waals surface area (Å²) in [5, 5.41) is 0. The van der Waals surface area contributed by atoms with Gasteiger partial charge < -0.3 is 10.5 Å². The van der Waals surface area contributed by atoms with Crippen molar-refractivity contribution in [2.75, 3.05) is 12.3 Å². The fourth-order valence-corrected chi connectivity index (χ4v) is 0.778. The van der Waals surface area contributed by atoms with Crippen LogP contribution in [0.2, 0.25) is 0 Å². The largest absolute Gasteiger partial charge is 0.462 e. The molecule has 12 heavy (non-hydrogen) atoms. The lowest BCUT2D eigenvalue weighted by Crippen LogP contribution is -2.04. The third-order valence-corrected chi connectivity index (χ3v) is 1.35. The van der Waals surface area contributed by atoms with Crippen molar-refractivity contribution in [2.24, 2.45) is 0 Å². The number of esters is 1. The van der Waals surface area contributed by atoms with E-state index in [0.717, 1.165) is 0 Å². The summed E-state index contributed by atoms with van der Waals surface area (Å²) in [4.78, 5) is 11.1. The molecule has 1 aromatic carbocycles. The molecule has 3 nitrogen and oxygen atoms in total. The third-order valence-electron chi connectivity index (χ3n) is 1.35. The minimum atomic E-state index is -0.339. The topological polar surface area (TPSA) is 52.3 Å². The van der Waals surface area contributed by atoms with Crippen molar-refractivity contribution < 1.29 is 9.53 Å². The Morgan fingerprint density at radius 3 is 2.92 bits per heavy atom. The van der Waals surface area contributed by atoms with Gasteiger partial charge in [-0.05, 0) is 25.1 Å². The van der Waals surface area contributed by atoms with Gasteiger partial charge in [-0.25, -0.2) is 4.79 Å². The van der Waals surface area contributed by atoms with Gasteiger partial charge in [-0.2, -0.15) is 0 Å². The van der Waals surface area contributed by atoms with Gasteiger partial charge >= 0.3 is 5.97 Å². The van der Waals surface area contributed by atoms with Gasteiger partial charge in [-0.15, -0.1) is 0 Å². The maximum atomic E-state index is 11.1. The Morgan fingerprint density at radius 2 is 2.42 bits per heavy atom. The lowest BCUT2D eigenvalue weighted by Gasteiger charge is -2.00. The van der Waals surface area contributed by atoms with E-state index in [4.69, 9.17) is 10.5 Å². The number of hydrogen-bond acceptors (Lipinski definition) is 3. The number of nitrogens with two attached hydrogens (primary N) is 1. The van der Waals surface area contributed by atoms with Gasteiger partial charge in [-0.3, -0.25) is 0 Å². The van der Waals surface area contributed by atoms with Crippen molar-refractivity contribution in [3.8, 4) is 0 Å². The van der Waals surface area contributed by atoms with Crippen molar-refractivity contribution in [1.29, 1.82) is 0 Å². The SMILES string of the molecule is CCOC(=O)c1c[c]c(N)cc1. The monoisotopic (exact) mass is 164 g/mol. The molecular weight excluding hydrogens is 154 g/mol. The number of carbonyl (C=O) groups excluding carboxylic acids is 1. The van der Waals surface area contributed by atoms with Gasteiger partial charge in [0.1, 0.15) is 0 Å². The molecule has 0 atom stereocenters. The van der Waals surface area contributed by atoms with E-state index in [1.54, 1.807) is 19.1 Å². The Balaban J connectivity index is 2.75. The number of rotatable bonds is 2. The quantitative estimate of drug-likeness (QED) is 0.528. The fraction of sp³-hybridized carbons (Fsp3) is 0.222. The first kappa shape index (κ1) is 8.59. The Bertz CT molecular complexity index is 266. The highest BCUT2D eigenvalue weighted by molar-refractivity contribution is 5.89. The fourth-order valence-electron chi connectivity index (χ4n) is 0.778. The summed E-state index contributed by atoms with van der Waals surface area (Å²) < 4.78 is 4.77. The van der Waals surface area contributed by atoms with E-state index < -0.39 is 0 Å². The zero-order valence-corrected chi connectivity index (χ0v) is 6.83. The number of nitrogen functional groups attached to an aromatic ring is 1. The smallest absolute Gasteiger partial charge is 0.338 e. The lowest BCUT2D eigenvalue weighted by molar-refractivity contribution is 0.0526. The van der Waals surface area contributed by atoms with E-state index in [0.29, 0.717) is 17.9 Å². The van der Waals surface area contributed by atoms with Crippen LogP contribution in [-0.2, 0) is 4.74 Å². The van der Waals surface area contributed by atoms with E-state index in [1.165, 1.54) is 6.07 Å². The minimum absolute atomic E-state index is 0.339. The summed E-state index contributed by atoms with van der Waals surface area (Å²) in [5.74, 6) is -0.339. The van der Waals surface area contributed by atoms with Gasteiger partial charge in [0, 0.05) is 11.8 Å². The number of ether oxygens (including phenoxy) is 1. The van der Waals surface area contributed by atoms with Crippen molar-refractivity contribution in [3.05, 3.63) is 29.8 Å². The first-order valence-corrected chi connectivity index (χ1v) is 3.68. The summed E-state index contributed by atoms with van der Waals surface area (Å²) in [6.45, 7) is 2.14. The van der Waals surface area contributed by atoms with Crippen LogP contribution in [0.4, 0.5) is 5.69 Å². The molecule has 0 heterocycles. The molecule has 2 N–H and O–H groups in total. The van der Waals surface area contributed by atoms with E-state index in [9.17, 15) is 4.79 Å². The Labute approximate surface area is 71.1 Å². The maximum absolute atomic E-state index is 11.1. The van der Waals surface area contributed by atoms with Crippen molar-refractivity contribution >= 4 is 11.7 Å². The molecule has 1 rings (SSSR count). The van der Waals surface area contributed by atoms with Crippen LogP contribution in [0, 0.1) is 6.07 Å². The lowest BCUT2D eigenvalue weighted by atomic mass is 10.2. The van der Waals surface area contributed by atoms with Gasteiger partial charge in [0.25, 0.3) is 0 Å². The van der Waals surface area contributed by atoms with E-state index >= 15 is 0 Å². The number of benzene rings is 1. The molecule has 0 fully saturated rings. The van der Waals surface area contributed by atoms with Crippen LogP contribution >= 0.6 is 0 Å². The van der Waals surface area contributed by atoms with Crippen LogP contribution < -0.4 is 5.73 Å². The predicted octanol–water partition coefficient (Wildman–Crippen LogP) is 1.25. The highest BCUT2D eigenvalue weighted by Gasteiger charge is 2.04. The third kappa shape index (κ3) is 1.99. The van der Waals surface area contributed by atoms with Crippen LogP contribution in [0.1, 0.15) is 17.3 Å². The second kappa shape index (κ2) is 3.76. The molecule has 63 valence electrons. The molecule has 0 aliphatic carbocycles. The number of anilines is 1. The minimum Gasteiger partial charge on any atom is -0.462 e. The van der Waals surface area contributed by atoms with Crippen LogP contribution in [0.25, 0.3) is 0 Å². The Kier molecular flexibility index (Phi) is 2.69. The first-order chi connectivity index (χ1) is 5.74. The number of carbonyl (C=O) groups is 1. The summed E-state index contributed by atoms with van der Waals surface area (Å²) in [5.41, 5.74) is 6.39. The van der Waals surface area contributed by atoms with Gasteiger partial charge in [0.15, 0.2) is 0 Å². The molecule has 0 aromatic heterocycles. The predicted molar refractivity (Wildman–Crippen MR) is 45.6 cm³/mol. The second-order valence-electron chi connectivity index (χ2n) is 2.25. The highest BCUT2D eigenvalue weighted by Crippen LogP contribution is 2.05. The molecule has 0 aliphatic heterocycles. The molecule has 1 radical (unpaired) electrons. The maximum Gasteiger partial charge on any atom is 0.338 e. The molecule has 0 saturated heterocycles. The first-order valence-electron chi connectivity index (χ1n) is 3.68. The Morgan fingerprint density at radius 1 is 1.67 bits per heavy atom. The van der Waals surface area contributed by atoms with Crippen LogP contribution in [0.3, 0.4) is 0 Å². The average Bonchev–Trinajstić information content (AvgIpc) is 2.06. The molecule has 1 aromatic rings. The van der Waals surface area contributed by atoms with Crippen LogP contribution in [-0.4, -0.2) is 12.6 Å². The van der Waals surface area contributed by atoms with E-state index in [2.05, 4.69) is 6.07 Å². The molecule has 0 aliphatic rings. The molecule has 0 unspecified atom stereocenters. The molecular formula is C9H10NO2. The van der Waals surface area contributed by atoms with Crippen molar-refractivity contribution in [3.63, 3.8) is 0 Å². The summed E-state index contributed by atoms with van der Waals surface area (Å²) in [6.07, 6.45) is 0. The zero-order chi connectivity index (χ0) is 8.97. The Hall–Kier alpha value is -1.51. The molecule has 0 amide bonds. The molecule has 0 bridgehead atoms. The highest BCUT2D eigenvalue weighted by atomic mass is 16.5. The van der Waals surface area contributed by atoms with E-state index in [-0.39, 0.29) is 5.97 Å². The van der Waals surface area contributed by atoms with Crippen molar-refractivity contribution in [1.82, 2.24) is 0 Å². The second-order valence-corrected chi connectivity index (χ2v) is 2.25. The molecule has 0 saturated carbocycles. The summed E-state index contributed by atoms with van der Waals surface area (Å²) in [7, 11) is 0. The van der Waals surface area contributed by atoms with Crippen LogP contribution in [0.15, 0.2) is 18.2 Å². The molecule has 3 heteroatoms. The zero-order valence-electron chi connectivity index (χ0n) is 6.83. The summed E-state index contributed by atoms with van der Waals surface area (Å²) in [6, 6.07) is 7.47. The normalized spacial score (nSPS) is 9.42. The molecule has 0 spiro atoms. The average molecular weight is 164 g/mol. The summed E-state index contributed by atoms with van der Waals surface area (Å²) >= 11 is 0. The van der Waals surface area contributed by atoms with Gasteiger partial charge in [0.05, 0.1) is 12.2 Å². The van der Waals surface area contributed by atoms with Crippen LogP contribution in [0.5, 0.6) is 0 Å². The van der Waals surface area contributed by atoms with Gasteiger partial charge in [0.2, 0.25) is 0 Å². The van der Waals surface area contributed by atoms with Crippen molar-refractivity contribution in [2.45, 2.75) is 6.92 Å². The standard InChI is InChI=1S/C9H10NO2/c1-2-12-9(11)7-3-5-8(10)6-4-7/h3-5H,2,10H2,1H3.